The molecule has 0 aliphatic heterocycles. The van der Waals surface area contributed by atoms with Crippen LogP contribution in [0, 0.1) is 58.3 Å². The number of rotatable bonds is 0. The van der Waals surface area contributed by atoms with Crippen LogP contribution in [0.1, 0.15) is 38.9 Å². The Morgan fingerprint density at radius 2 is 1.05 bits per heavy atom. The van der Waals surface area contributed by atoms with Crippen LogP contribution in [0.25, 0.3) is 0 Å². The molecule has 1 heteroatoms. The Morgan fingerprint density at radius 1 is 0.636 bits per heavy atom. The van der Waals surface area contributed by atoms with Crippen molar-refractivity contribution in [1.29, 1.82) is 0 Å². The van der Waals surface area contributed by atoms with Gasteiger partial charge in [0.1, 0.15) is 0 Å². The fourth-order valence-electron chi connectivity index (χ4n) is 2.64. The first-order valence-corrected chi connectivity index (χ1v) is 8.04. The Balaban J connectivity index is 2.35. The lowest BCUT2D eigenvalue weighted by molar-refractivity contribution is 1.30. The molecule has 110 valence electrons. The molecule has 0 saturated heterocycles. The maximum absolute atomic E-state index is 3.58. The van der Waals surface area contributed by atoms with Crippen LogP contribution in [0.4, 0.5) is 0 Å². The molecule has 0 atom stereocenters. The summed E-state index contributed by atoms with van der Waals surface area (Å²) in [4.78, 5) is 0. The van der Waals surface area contributed by atoms with E-state index in [1.165, 1.54) is 27.8 Å². The Hall–Kier alpha value is -1.96. The second-order valence-corrected chi connectivity index (χ2v) is 6.57. The van der Waals surface area contributed by atoms with Gasteiger partial charge < -0.3 is 0 Å². The Bertz CT molecular complexity index is 729. The summed E-state index contributed by atoms with van der Waals surface area (Å²) in [7, 11) is 0. The monoisotopic (exact) mass is 350 g/mol. The largest absolute Gasteiger partial charge is 0.0551 e. The lowest BCUT2D eigenvalue weighted by Crippen LogP contribution is -1.89. The summed E-state index contributed by atoms with van der Waals surface area (Å²) in [5.74, 6) is 12.3. The van der Waals surface area contributed by atoms with Gasteiger partial charge in [0, 0.05) is 15.6 Å². The van der Waals surface area contributed by atoms with E-state index >= 15 is 0 Å². The lowest BCUT2D eigenvalue weighted by atomic mass is 10.0. The van der Waals surface area contributed by atoms with E-state index < -0.39 is 0 Å². The highest BCUT2D eigenvalue weighted by Gasteiger charge is 2.02. The van der Waals surface area contributed by atoms with Crippen LogP contribution in [0.5, 0.6) is 0 Å². The first-order chi connectivity index (χ1) is 10.4. The topological polar surface area (TPSA) is 0 Å². The van der Waals surface area contributed by atoms with E-state index in [0.717, 1.165) is 15.6 Å². The minimum Gasteiger partial charge on any atom is -0.0551 e. The highest BCUT2D eigenvalue weighted by Crippen LogP contribution is 2.21. The molecule has 0 heterocycles. The van der Waals surface area contributed by atoms with Crippen LogP contribution in [0.15, 0.2) is 28.7 Å². The number of halogens is 1. The van der Waals surface area contributed by atoms with Gasteiger partial charge >= 0.3 is 0 Å². The maximum Gasteiger partial charge on any atom is 0.0427 e. The van der Waals surface area contributed by atoms with Crippen molar-refractivity contribution in [1.82, 2.24) is 0 Å². The summed E-state index contributed by atoms with van der Waals surface area (Å²) < 4.78 is 1.03. The van der Waals surface area contributed by atoms with Gasteiger partial charge in [-0.2, -0.15) is 0 Å². The summed E-state index contributed by atoms with van der Waals surface area (Å²) in [5.41, 5.74) is 8.18. The molecule has 2 rings (SSSR count). The third-order valence-electron chi connectivity index (χ3n) is 3.55. The summed E-state index contributed by atoms with van der Waals surface area (Å²) in [5, 5.41) is 0. The zero-order valence-corrected chi connectivity index (χ0v) is 15.3. The average molecular weight is 351 g/mol. The smallest absolute Gasteiger partial charge is 0.0427 e. The van der Waals surface area contributed by atoms with Crippen LogP contribution < -0.4 is 0 Å². The SMILES string of the molecule is Cc1cc(C)c(C#CC#Cc2c(C)cc(C)cc2Br)c(C)c1. The normalized spacial score (nSPS) is 9.55. The Labute approximate surface area is 142 Å². The second-order valence-electron chi connectivity index (χ2n) is 5.71. The second kappa shape index (κ2) is 6.87. The molecule has 22 heavy (non-hydrogen) atoms. The standard InChI is InChI=1S/C21H19Br/c1-14-10-16(3)19(17(4)11-14)8-6-7-9-20-18(5)12-15(2)13-21(20)22/h10-13H,1-5H3. The number of hydrogen-bond donors (Lipinski definition) is 0. The quantitative estimate of drug-likeness (QED) is 0.558. The molecule has 2 aromatic rings. The average Bonchev–Trinajstić information content (AvgIpc) is 2.38. The van der Waals surface area contributed by atoms with Crippen LogP contribution in [0.2, 0.25) is 0 Å². The molecule has 0 aromatic heterocycles. The van der Waals surface area contributed by atoms with Gasteiger partial charge in [-0.15, -0.1) is 0 Å². The predicted molar refractivity (Wildman–Crippen MR) is 98.0 cm³/mol. The molecule has 0 spiro atoms. The van der Waals surface area contributed by atoms with Gasteiger partial charge in [0.25, 0.3) is 0 Å². The van der Waals surface area contributed by atoms with Gasteiger partial charge in [-0.1, -0.05) is 35.6 Å². The van der Waals surface area contributed by atoms with E-state index in [1.54, 1.807) is 0 Å². The van der Waals surface area contributed by atoms with Crippen molar-refractivity contribution < 1.29 is 0 Å². The molecule has 0 saturated carbocycles. The Morgan fingerprint density at radius 3 is 1.55 bits per heavy atom. The van der Waals surface area contributed by atoms with Crippen molar-refractivity contribution in [3.8, 4) is 23.7 Å². The van der Waals surface area contributed by atoms with E-state index in [2.05, 4.69) is 98.5 Å². The predicted octanol–water partition coefficient (Wildman–Crippen LogP) is 5.39. The molecule has 0 aliphatic carbocycles. The third-order valence-corrected chi connectivity index (χ3v) is 4.17. The molecule has 2 aromatic carbocycles. The molecule has 0 bridgehead atoms. The van der Waals surface area contributed by atoms with Crippen LogP contribution in [-0.2, 0) is 0 Å². The summed E-state index contributed by atoms with van der Waals surface area (Å²) in [6.45, 7) is 10.5. The van der Waals surface area contributed by atoms with Crippen LogP contribution >= 0.6 is 15.9 Å². The molecule has 0 nitrogen and oxygen atoms in total. The van der Waals surface area contributed by atoms with Gasteiger partial charge in [-0.3, -0.25) is 0 Å². The summed E-state index contributed by atoms with van der Waals surface area (Å²) in [6.07, 6.45) is 0. The van der Waals surface area contributed by atoms with E-state index in [4.69, 9.17) is 0 Å². The van der Waals surface area contributed by atoms with Crippen molar-refractivity contribution in [2.24, 2.45) is 0 Å². The summed E-state index contributed by atoms with van der Waals surface area (Å²) >= 11 is 3.58. The van der Waals surface area contributed by atoms with Crippen molar-refractivity contribution in [2.75, 3.05) is 0 Å². The molecule has 0 aliphatic rings. The fraction of sp³-hybridized carbons (Fsp3) is 0.238. The molecular weight excluding hydrogens is 332 g/mol. The van der Waals surface area contributed by atoms with Crippen molar-refractivity contribution >= 4 is 15.9 Å². The van der Waals surface area contributed by atoms with E-state index in [9.17, 15) is 0 Å². The van der Waals surface area contributed by atoms with Crippen molar-refractivity contribution in [2.45, 2.75) is 34.6 Å². The molecule has 0 fully saturated rings. The van der Waals surface area contributed by atoms with Gasteiger partial charge in [0.05, 0.1) is 0 Å². The first-order valence-electron chi connectivity index (χ1n) is 7.25. The fourth-order valence-corrected chi connectivity index (χ4v) is 3.41. The van der Waals surface area contributed by atoms with Crippen molar-refractivity contribution in [3.05, 3.63) is 67.7 Å². The highest BCUT2D eigenvalue weighted by molar-refractivity contribution is 9.10. The van der Waals surface area contributed by atoms with Crippen LogP contribution in [-0.4, -0.2) is 0 Å². The van der Waals surface area contributed by atoms with E-state index in [0.29, 0.717) is 0 Å². The molecule has 0 unspecified atom stereocenters. The molecule has 0 amide bonds. The molecular formula is C21H19Br. The zero-order chi connectivity index (χ0) is 16.3. The number of benzene rings is 2. The lowest BCUT2D eigenvalue weighted by Gasteiger charge is -2.04. The van der Waals surface area contributed by atoms with Gasteiger partial charge in [0.2, 0.25) is 0 Å². The zero-order valence-electron chi connectivity index (χ0n) is 13.7. The van der Waals surface area contributed by atoms with E-state index in [-0.39, 0.29) is 0 Å². The first kappa shape index (κ1) is 16.4. The number of aryl methyl sites for hydroxylation is 5. The number of hydrogen-bond acceptors (Lipinski definition) is 0. The third kappa shape index (κ3) is 3.82. The molecule has 0 radical (unpaired) electrons. The summed E-state index contributed by atoms with van der Waals surface area (Å²) in [6, 6.07) is 8.53. The minimum atomic E-state index is 1.01. The maximum atomic E-state index is 3.58. The van der Waals surface area contributed by atoms with Crippen molar-refractivity contribution in [3.63, 3.8) is 0 Å². The van der Waals surface area contributed by atoms with E-state index in [1.807, 2.05) is 0 Å². The van der Waals surface area contributed by atoms with Gasteiger partial charge in [0.15, 0.2) is 0 Å². The van der Waals surface area contributed by atoms with Crippen LogP contribution in [0.3, 0.4) is 0 Å². The van der Waals surface area contributed by atoms with Gasteiger partial charge in [-0.25, -0.2) is 0 Å². The van der Waals surface area contributed by atoms with Gasteiger partial charge in [-0.05, 0) is 90.7 Å². The Kier molecular flexibility index (Phi) is 5.12. The highest BCUT2D eigenvalue weighted by atomic mass is 79.9. The minimum absolute atomic E-state index is 1.01. The molecule has 0 N–H and O–H groups in total.